The summed E-state index contributed by atoms with van der Waals surface area (Å²) in [6.45, 7) is 0. The molecule has 12 rings (SSSR count). The highest BCUT2D eigenvalue weighted by Gasteiger charge is 2.21. The van der Waals surface area contributed by atoms with Crippen LogP contribution < -0.4 is 0 Å². The lowest BCUT2D eigenvalue weighted by molar-refractivity contribution is 0.668. The van der Waals surface area contributed by atoms with Crippen LogP contribution in [0.5, 0.6) is 0 Å². The molecule has 0 unspecified atom stereocenters. The zero-order valence-corrected chi connectivity index (χ0v) is 32.2. The Morgan fingerprint density at radius 3 is 1.53 bits per heavy atom. The summed E-state index contributed by atoms with van der Waals surface area (Å²) in [4.78, 5) is 15.5. The standard InChI is InChI=1S/C55H33N3O2/c1-3-13-36(14-4-1)45-33-46(57-55(56-45)39-15-5-2-6-16-39)37-29-31-38(32-30-37)52-54-51(43-18-8-10-23-48(43)60-54)44-21-11-20-41(53(44)58-52)35-27-25-34(26-28-35)40-19-12-24-49-50(40)42-17-7-9-22-47(42)59-49/h1-33H. The summed E-state index contributed by atoms with van der Waals surface area (Å²) in [6, 6.07) is 69.0. The second-order valence-corrected chi connectivity index (χ2v) is 15.1. The topological polar surface area (TPSA) is 65.0 Å². The van der Waals surface area contributed by atoms with Gasteiger partial charge < -0.3 is 8.83 Å². The molecule has 0 aliphatic heterocycles. The zero-order chi connectivity index (χ0) is 39.6. The number of fused-ring (bicyclic) bond motifs is 8. The molecular formula is C55H33N3O2. The third-order valence-electron chi connectivity index (χ3n) is 11.5. The minimum absolute atomic E-state index is 0.684. The summed E-state index contributed by atoms with van der Waals surface area (Å²) < 4.78 is 12.9. The van der Waals surface area contributed by atoms with Gasteiger partial charge in [0.05, 0.1) is 16.9 Å². The highest BCUT2D eigenvalue weighted by molar-refractivity contribution is 6.22. The first-order valence-electron chi connectivity index (χ1n) is 20.1. The van der Waals surface area contributed by atoms with E-state index in [4.69, 9.17) is 23.8 Å². The molecule has 5 heteroatoms. The normalized spacial score (nSPS) is 11.7. The lowest BCUT2D eigenvalue weighted by atomic mass is 9.94. The van der Waals surface area contributed by atoms with Gasteiger partial charge in [-0.15, -0.1) is 0 Å². The molecule has 0 radical (unpaired) electrons. The molecule has 0 saturated carbocycles. The van der Waals surface area contributed by atoms with Crippen LogP contribution in [-0.4, -0.2) is 15.0 Å². The van der Waals surface area contributed by atoms with Crippen LogP contribution in [-0.2, 0) is 0 Å². The predicted octanol–water partition coefficient (Wildman–Crippen LogP) is 14.8. The number of furan rings is 2. The third kappa shape index (κ3) is 5.59. The first-order chi connectivity index (χ1) is 29.7. The van der Waals surface area contributed by atoms with Crippen LogP contribution in [0.1, 0.15) is 0 Å². The van der Waals surface area contributed by atoms with E-state index in [0.29, 0.717) is 5.82 Å². The maximum Gasteiger partial charge on any atom is 0.162 e. The van der Waals surface area contributed by atoms with Gasteiger partial charge in [0.2, 0.25) is 0 Å². The van der Waals surface area contributed by atoms with Crippen LogP contribution >= 0.6 is 0 Å². The number of hydrogen-bond acceptors (Lipinski definition) is 5. The second kappa shape index (κ2) is 13.8. The monoisotopic (exact) mass is 767 g/mol. The molecule has 4 heterocycles. The second-order valence-electron chi connectivity index (χ2n) is 15.1. The fraction of sp³-hybridized carbons (Fsp3) is 0. The SMILES string of the molecule is c1ccc(-c2cc(-c3ccc(-c4nc5c(-c6ccc(-c7cccc8oc9ccccc9c78)cc6)cccc5c5c4oc4ccccc45)cc3)nc(-c3ccccc3)n2)cc1. The Balaban J connectivity index is 0.991. The Morgan fingerprint density at radius 2 is 0.817 bits per heavy atom. The molecule has 0 spiro atoms. The van der Waals surface area contributed by atoms with Crippen LogP contribution in [0.25, 0.3) is 122 Å². The van der Waals surface area contributed by atoms with Gasteiger partial charge in [-0.05, 0) is 41.0 Å². The lowest BCUT2D eigenvalue weighted by Gasteiger charge is -2.12. The molecule has 0 atom stereocenters. The molecule has 4 aromatic heterocycles. The van der Waals surface area contributed by atoms with E-state index in [0.717, 1.165) is 116 Å². The Bertz CT molecular complexity index is 3510. The van der Waals surface area contributed by atoms with E-state index in [1.54, 1.807) is 0 Å². The van der Waals surface area contributed by atoms with Crippen molar-refractivity contribution >= 4 is 54.8 Å². The van der Waals surface area contributed by atoms with E-state index in [1.165, 1.54) is 0 Å². The number of hydrogen-bond donors (Lipinski definition) is 0. The third-order valence-corrected chi connectivity index (χ3v) is 11.5. The van der Waals surface area contributed by atoms with Crippen LogP contribution in [0.3, 0.4) is 0 Å². The Hall–Kier alpha value is -8.15. The summed E-state index contributed by atoms with van der Waals surface area (Å²) in [7, 11) is 0. The molecule has 0 N–H and O–H groups in total. The molecule has 280 valence electrons. The number of aromatic nitrogens is 3. The molecule has 0 bridgehead atoms. The molecule has 8 aromatic carbocycles. The predicted molar refractivity (Wildman–Crippen MR) is 245 cm³/mol. The molecule has 0 aliphatic carbocycles. The maximum atomic E-state index is 6.67. The van der Waals surface area contributed by atoms with E-state index >= 15 is 0 Å². The molecule has 0 aliphatic rings. The van der Waals surface area contributed by atoms with Crippen molar-refractivity contribution in [3.63, 3.8) is 0 Å². The maximum absolute atomic E-state index is 6.67. The van der Waals surface area contributed by atoms with Crippen LogP contribution in [0, 0.1) is 0 Å². The van der Waals surface area contributed by atoms with Gasteiger partial charge in [-0.3, -0.25) is 0 Å². The quantitative estimate of drug-likeness (QED) is 0.169. The Morgan fingerprint density at radius 1 is 0.317 bits per heavy atom. The fourth-order valence-corrected chi connectivity index (χ4v) is 8.65. The van der Waals surface area contributed by atoms with Gasteiger partial charge >= 0.3 is 0 Å². The van der Waals surface area contributed by atoms with E-state index < -0.39 is 0 Å². The van der Waals surface area contributed by atoms with Crippen molar-refractivity contribution in [2.24, 2.45) is 0 Å². The average Bonchev–Trinajstić information content (AvgIpc) is 3.91. The van der Waals surface area contributed by atoms with Gasteiger partial charge in [-0.1, -0.05) is 176 Å². The molecule has 0 saturated heterocycles. The van der Waals surface area contributed by atoms with Gasteiger partial charge in [-0.2, -0.15) is 0 Å². The molecular weight excluding hydrogens is 735 g/mol. The van der Waals surface area contributed by atoms with Crippen molar-refractivity contribution < 1.29 is 8.83 Å². The van der Waals surface area contributed by atoms with Gasteiger partial charge in [0.25, 0.3) is 0 Å². The smallest absolute Gasteiger partial charge is 0.162 e. The largest absolute Gasteiger partial charge is 0.456 e. The van der Waals surface area contributed by atoms with Crippen molar-refractivity contribution in [3.05, 3.63) is 200 Å². The van der Waals surface area contributed by atoms with Crippen LogP contribution in [0.15, 0.2) is 209 Å². The summed E-state index contributed by atoms with van der Waals surface area (Å²) in [6.07, 6.45) is 0. The summed E-state index contributed by atoms with van der Waals surface area (Å²) >= 11 is 0. The number of nitrogens with zero attached hydrogens (tertiary/aromatic N) is 3. The van der Waals surface area contributed by atoms with Crippen LogP contribution in [0.2, 0.25) is 0 Å². The fourth-order valence-electron chi connectivity index (χ4n) is 8.65. The summed E-state index contributed by atoms with van der Waals surface area (Å²) in [5, 5.41) is 5.42. The van der Waals surface area contributed by atoms with Crippen molar-refractivity contribution in [1.82, 2.24) is 15.0 Å². The number of rotatable bonds is 6. The van der Waals surface area contributed by atoms with E-state index in [9.17, 15) is 0 Å². The van der Waals surface area contributed by atoms with Crippen molar-refractivity contribution in [3.8, 4) is 67.4 Å². The van der Waals surface area contributed by atoms with Gasteiger partial charge in [-0.25, -0.2) is 15.0 Å². The molecule has 12 aromatic rings. The number of para-hydroxylation sites is 3. The highest BCUT2D eigenvalue weighted by Crippen LogP contribution is 2.43. The first kappa shape index (κ1) is 33.9. The van der Waals surface area contributed by atoms with Crippen LogP contribution in [0.4, 0.5) is 0 Å². The van der Waals surface area contributed by atoms with Crippen molar-refractivity contribution in [2.45, 2.75) is 0 Å². The molecule has 0 amide bonds. The van der Waals surface area contributed by atoms with Gasteiger partial charge in [0.1, 0.15) is 22.4 Å². The Labute approximate surface area is 344 Å². The molecule has 60 heavy (non-hydrogen) atoms. The van der Waals surface area contributed by atoms with E-state index in [-0.39, 0.29) is 0 Å². The Kier molecular flexibility index (Phi) is 7.78. The first-order valence-corrected chi connectivity index (χ1v) is 20.1. The van der Waals surface area contributed by atoms with Gasteiger partial charge in [0, 0.05) is 54.7 Å². The number of benzene rings is 8. The molecule has 5 nitrogen and oxygen atoms in total. The summed E-state index contributed by atoms with van der Waals surface area (Å²) in [5.74, 6) is 0.684. The van der Waals surface area contributed by atoms with Crippen molar-refractivity contribution in [2.75, 3.05) is 0 Å². The highest BCUT2D eigenvalue weighted by atomic mass is 16.3. The molecule has 0 fully saturated rings. The van der Waals surface area contributed by atoms with E-state index in [2.05, 4.69) is 121 Å². The van der Waals surface area contributed by atoms with Gasteiger partial charge in [0.15, 0.2) is 11.4 Å². The minimum atomic E-state index is 0.684. The lowest BCUT2D eigenvalue weighted by Crippen LogP contribution is -1.96. The zero-order valence-electron chi connectivity index (χ0n) is 32.2. The summed E-state index contributed by atoms with van der Waals surface area (Å²) in [5.41, 5.74) is 15.2. The minimum Gasteiger partial charge on any atom is -0.456 e. The average molecular weight is 768 g/mol. The number of pyridine rings is 1. The van der Waals surface area contributed by atoms with E-state index in [1.807, 2.05) is 78.9 Å². The van der Waals surface area contributed by atoms with Crippen molar-refractivity contribution in [1.29, 1.82) is 0 Å².